The van der Waals surface area contributed by atoms with Crippen LogP contribution in [0.25, 0.3) is 33.2 Å². The lowest BCUT2D eigenvalue weighted by molar-refractivity contribution is 0.128. The minimum absolute atomic E-state index is 0.198. The van der Waals surface area contributed by atoms with Gasteiger partial charge in [-0.05, 0) is 57.3 Å². The van der Waals surface area contributed by atoms with Crippen molar-refractivity contribution in [3.63, 3.8) is 0 Å². The molecule has 8 heteroatoms. The number of aliphatic hydroxyl groups excluding tert-OH is 1. The minimum atomic E-state index is -2.54. The number of hydrogen-bond donors (Lipinski definition) is 2. The number of furan rings is 1. The summed E-state index contributed by atoms with van der Waals surface area (Å²) in [5.74, 6) is 0.385. The predicted octanol–water partition coefficient (Wildman–Crippen LogP) is 5.46. The zero-order chi connectivity index (χ0) is 22.3. The van der Waals surface area contributed by atoms with Crippen LogP contribution in [-0.2, 0) is 6.54 Å². The van der Waals surface area contributed by atoms with E-state index in [1.807, 2.05) is 13.8 Å². The van der Waals surface area contributed by atoms with Crippen molar-refractivity contribution in [3.8, 4) is 17.1 Å². The monoisotopic (exact) mass is 432 g/mol. The van der Waals surface area contributed by atoms with Crippen LogP contribution in [0, 0.1) is 5.82 Å². The number of rotatable bonds is 7. The van der Waals surface area contributed by atoms with Crippen LogP contribution in [0.3, 0.4) is 0 Å². The molecule has 0 aliphatic rings. The van der Waals surface area contributed by atoms with E-state index in [0.717, 1.165) is 0 Å². The maximum atomic E-state index is 13.4. The molecule has 2 aromatic carbocycles. The number of halogens is 3. The largest absolute Gasteiger partial charge is 0.489 e. The Morgan fingerprint density at radius 3 is 2.45 bits per heavy atom. The lowest BCUT2D eigenvalue weighted by atomic mass is 10.0. The zero-order valence-corrected chi connectivity index (χ0v) is 17.3. The third kappa shape index (κ3) is 3.88. The number of fused-ring (bicyclic) bond motifs is 3. The van der Waals surface area contributed by atoms with Crippen molar-refractivity contribution in [2.24, 2.45) is 0 Å². The van der Waals surface area contributed by atoms with E-state index in [4.69, 9.17) is 9.15 Å². The van der Waals surface area contributed by atoms with Crippen LogP contribution in [0.15, 0.2) is 47.0 Å². The van der Waals surface area contributed by atoms with E-state index in [9.17, 15) is 18.3 Å². The van der Waals surface area contributed by atoms with E-state index in [2.05, 4.69) is 5.32 Å². The first-order chi connectivity index (χ1) is 14.8. The second-order valence-corrected chi connectivity index (χ2v) is 7.58. The molecular formula is C23H23F3N2O3. The Bertz CT molecular complexity index is 1210. The molecule has 164 valence electrons. The van der Waals surface area contributed by atoms with Crippen molar-refractivity contribution >= 4 is 21.9 Å². The van der Waals surface area contributed by atoms with Crippen LogP contribution >= 0.6 is 0 Å². The molecule has 0 bridgehead atoms. The summed E-state index contributed by atoms with van der Waals surface area (Å²) in [6.07, 6.45) is -2.24. The van der Waals surface area contributed by atoms with Crippen LogP contribution in [0.2, 0.25) is 0 Å². The molecule has 1 atom stereocenters. The van der Waals surface area contributed by atoms with E-state index < -0.39 is 25.0 Å². The maximum absolute atomic E-state index is 13.4. The normalized spacial score (nSPS) is 13.1. The van der Waals surface area contributed by atoms with Crippen LogP contribution in [-0.4, -0.2) is 29.3 Å². The first kappa shape index (κ1) is 21.3. The molecule has 4 rings (SSSR count). The molecule has 0 radical (unpaired) electrons. The molecule has 4 aromatic rings. The summed E-state index contributed by atoms with van der Waals surface area (Å²) in [5.41, 5.74) is 1.96. The Morgan fingerprint density at radius 2 is 1.84 bits per heavy atom. The minimum Gasteiger partial charge on any atom is -0.489 e. The highest BCUT2D eigenvalue weighted by Crippen LogP contribution is 2.43. The second-order valence-electron chi connectivity index (χ2n) is 7.58. The number of nitrogens with one attached hydrogen (secondary N) is 1. The highest BCUT2D eigenvalue weighted by Gasteiger charge is 2.26. The third-order valence-electron chi connectivity index (χ3n) is 5.05. The fourth-order valence-electron chi connectivity index (χ4n) is 3.81. The molecule has 2 heterocycles. The van der Waals surface area contributed by atoms with Gasteiger partial charge in [-0.2, -0.15) is 0 Å². The number of nitrogens with zero attached hydrogens (tertiary/aromatic N) is 1. The van der Waals surface area contributed by atoms with E-state index in [1.54, 1.807) is 37.5 Å². The van der Waals surface area contributed by atoms with Crippen molar-refractivity contribution in [3.05, 3.63) is 54.0 Å². The van der Waals surface area contributed by atoms with Gasteiger partial charge in [0.15, 0.2) is 0 Å². The topological polar surface area (TPSA) is 59.6 Å². The van der Waals surface area contributed by atoms with Crippen molar-refractivity contribution in [2.45, 2.75) is 39.1 Å². The summed E-state index contributed by atoms with van der Waals surface area (Å²) in [4.78, 5) is 0. The molecule has 0 unspecified atom stereocenters. The Kier molecular flexibility index (Phi) is 5.68. The van der Waals surface area contributed by atoms with Gasteiger partial charge in [0.05, 0.1) is 18.2 Å². The van der Waals surface area contributed by atoms with E-state index >= 15 is 0 Å². The van der Waals surface area contributed by atoms with Gasteiger partial charge in [0, 0.05) is 28.1 Å². The molecule has 2 aromatic heterocycles. The summed E-state index contributed by atoms with van der Waals surface area (Å²) in [7, 11) is 1.60. The second kappa shape index (κ2) is 8.28. The van der Waals surface area contributed by atoms with Crippen molar-refractivity contribution in [2.75, 3.05) is 7.05 Å². The smallest absolute Gasteiger partial charge is 0.256 e. The Balaban J connectivity index is 2.06. The Hall–Kier alpha value is -2.97. The summed E-state index contributed by atoms with van der Waals surface area (Å²) in [6, 6.07) is 9.13. The van der Waals surface area contributed by atoms with Gasteiger partial charge in [0.2, 0.25) is 0 Å². The van der Waals surface area contributed by atoms with Crippen molar-refractivity contribution in [1.82, 2.24) is 9.88 Å². The summed E-state index contributed by atoms with van der Waals surface area (Å²) >= 11 is 0. The van der Waals surface area contributed by atoms with Gasteiger partial charge in [0.1, 0.15) is 29.1 Å². The quantitative estimate of drug-likeness (QED) is 0.381. The van der Waals surface area contributed by atoms with E-state index in [1.165, 1.54) is 16.7 Å². The van der Waals surface area contributed by atoms with E-state index in [-0.39, 0.29) is 6.10 Å². The molecule has 5 nitrogen and oxygen atoms in total. The molecule has 0 aliphatic heterocycles. The van der Waals surface area contributed by atoms with Gasteiger partial charge in [-0.25, -0.2) is 13.2 Å². The number of benzene rings is 2. The third-order valence-corrected chi connectivity index (χ3v) is 5.05. The number of ether oxygens (including phenoxy) is 1. The Labute approximate surface area is 177 Å². The summed E-state index contributed by atoms with van der Waals surface area (Å²) in [5, 5.41) is 14.7. The molecule has 0 amide bonds. The van der Waals surface area contributed by atoms with Gasteiger partial charge < -0.3 is 18.8 Å². The van der Waals surface area contributed by atoms with Crippen LogP contribution in [0.4, 0.5) is 13.2 Å². The lowest BCUT2D eigenvalue weighted by Crippen LogP contribution is -2.15. The highest BCUT2D eigenvalue weighted by molar-refractivity contribution is 6.09. The van der Waals surface area contributed by atoms with Crippen molar-refractivity contribution in [1.29, 1.82) is 0 Å². The lowest BCUT2D eigenvalue weighted by Gasteiger charge is -2.15. The number of aromatic nitrogens is 1. The fraction of sp³-hybridized carbons (Fsp3) is 0.304. The molecule has 0 spiro atoms. The predicted molar refractivity (Wildman–Crippen MR) is 113 cm³/mol. The molecule has 0 saturated carbocycles. The molecule has 0 aliphatic carbocycles. The molecule has 2 N–H and O–H groups in total. The standard InChI is InChI=1S/C23H23F3N2O3/c1-12(2)30-17-10-16-19(23(29)27-3)21(13-4-6-14(24)7-5-13)31-22(16)15-8-9-28(20(15)17)11-18(25)26/h4-10,12,18,23,27,29H,11H2,1-3H3/t23-/m1/s1. The van der Waals surface area contributed by atoms with Gasteiger partial charge in [-0.15, -0.1) is 0 Å². The van der Waals surface area contributed by atoms with E-state index in [0.29, 0.717) is 44.5 Å². The van der Waals surface area contributed by atoms with Crippen LogP contribution in [0.1, 0.15) is 25.6 Å². The number of hydrogen-bond acceptors (Lipinski definition) is 4. The molecule has 0 fully saturated rings. The fourth-order valence-corrected chi connectivity index (χ4v) is 3.81. The first-order valence-electron chi connectivity index (χ1n) is 9.94. The average Bonchev–Trinajstić information content (AvgIpc) is 3.29. The number of aliphatic hydroxyl groups is 1. The molecule has 0 saturated heterocycles. The molecule has 31 heavy (non-hydrogen) atoms. The van der Waals surface area contributed by atoms with Gasteiger partial charge in [0.25, 0.3) is 6.43 Å². The maximum Gasteiger partial charge on any atom is 0.256 e. The van der Waals surface area contributed by atoms with Gasteiger partial charge in [-0.3, -0.25) is 5.32 Å². The highest BCUT2D eigenvalue weighted by atomic mass is 19.3. The average molecular weight is 432 g/mol. The first-order valence-corrected chi connectivity index (χ1v) is 9.94. The summed E-state index contributed by atoms with van der Waals surface area (Å²) in [6.45, 7) is 3.21. The van der Waals surface area contributed by atoms with Crippen molar-refractivity contribution < 1.29 is 27.4 Å². The molecular weight excluding hydrogens is 409 g/mol. The SMILES string of the molecule is CN[C@H](O)c1c(-c2ccc(F)cc2)oc2c1cc(OC(C)C)c1c2ccn1CC(F)F. The van der Waals surface area contributed by atoms with Crippen LogP contribution < -0.4 is 10.1 Å². The summed E-state index contributed by atoms with van der Waals surface area (Å²) < 4.78 is 53.3. The van der Waals surface area contributed by atoms with Gasteiger partial charge >= 0.3 is 0 Å². The van der Waals surface area contributed by atoms with Gasteiger partial charge in [-0.1, -0.05) is 0 Å². The number of alkyl halides is 2. The Morgan fingerprint density at radius 1 is 1.13 bits per heavy atom. The van der Waals surface area contributed by atoms with Crippen LogP contribution in [0.5, 0.6) is 5.75 Å². The zero-order valence-electron chi connectivity index (χ0n) is 17.3.